The number of anilines is 1. The van der Waals surface area contributed by atoms with Gasteiger partial charge in [-0.15, -0.1) is 0 Å². The van der Waals surface area contributed by atoms with Gasteiger partial charge in [0.25, 0.3) is 0 Å². The number of hydrogen-bond donors (Lipinski definition) is 2. The molecule has 0 aromatic heterocycles. The van der Waals surface area contributed by atoms with E-state index in [2.05, 4.69) is 10.7 Å². The Bertz CT molecular complexity index is 499. The maximum Gasteiger partial charge on any atom is 0.338 e. The van der Waals surface area contributed by atoms with Crippen LogP contribution in [0.4, 0.5) is 5.69 Å². The number of rotatable bonds is 3. The third kappa shape index (κ3) is 3.02. The lowest BCUT2D eigenvalue weighted by atomic mass is 10.2. The molecule has 2 rings (SSSR count). The Morgan fingerprint density at radius 1 is 1.37 bits per heavy atom. The van der Waals surface area contributed by atoms with Crippen LogP contribution < -0.4 is 15.8 Å². The van der Waals surface area contributed by atoms with Gasteiger partial charge in [-0.2, -0.15) is 0 Å². The van der Waals surface area contributed by atoms with Crippen molar-refractivity contribution in [3.63, 3.8) is 0 Å². The monoisotopic (exact) mass is 279 g/mol. The minimum absolute atomic E-state index is 0.281. The third-order valence-corrected chi connectivity index (χ3v) is 2.94. The van der Waals surface area contributed by atoms with Crippen molar-refractivity contribution < 1.29 is 9.53 Å². The summed E-state index contributed by atoms with van der Waals surface area (Å²) >= 11 is 5.26. The van der Waals surface area contributed by atoms with Crippen LogP contribution in [-0.4, -0.2) is 23.4 Å². The molecule has 0 unspecified atom stereocenters. The third-order valence-electron chi connectivity index (χ3n) is 2.65. The summed E-state index contributed by atoms with van der Waals surface area (Å²) in [6, 6.07) is 7.11. The number of nitrogens with one attached hydrogen (secondary N) is 2. The molecule has 6 heteroatoms. The number of carbonyl (C=O) groups excluding carboxylic acids is 1. The Morgan fingerprint density at radius 3 is 2.47 bits per heavy atom. The molecule has 1 aliphatic heterocycles. The van der Waals surface area contributed by atoms with Gasteiger partial charge in [0.1, 0.15) is 5.66 Å². The first-order chi connectivity index (χ1) is 8.93. The first kappa shape index (κ1) is 13.8. The van der Waals surface area contributed by atoms with Crippen molar-refractivity contribution in [2.24, 2.45) is 0 Å². The van der Waals surface area contributed by atoms with Crippen LogP contribution in [0.2, 0.25) is 0 Å². The average Bonchev–Trinajstić information content (AvgIpc) is 2.63. The number of thiocarbonyl (C=S) groups is 1. The number of carbonyl (C=O) groups is 1. The van der Waals surface area contributed by atoms with Crippen molar-refractivity contribution in [2.75, 3.05) is 11.6 Å². The van der Waals surface area contributed by atoms with Crippen molar-refractivity contribution in [3.8, 4) is 0 Å². The van der Waals surface area contributed by atoms with Gasteiger partial charge in [-0.05, 0) is 57.3 Å². The molecule has 1 aliphatic rings. The first-order valence-corrected chi connectivity index (χ1v) is 6.51. The molecule has 1 heterocycles. The van der Waals surface area contributed by atoms with E-state index in [4.69, 9.17) is 17.0 Å². The molecule has 102 valence electrons. The molecule has 0 saturated carbocycles. The molecule has 0 amide bonds. The summed E-state index contributed by atoms with van der Waals surface area (Å²) in [5.74, 6) is -0.315. The summed E-state index contributed by atoms with van der Waals surface area (Å²) in [5, 5.41) is 5.54. The molecular formula is C13H17N3O2S. The fourth-order valence-corrected chi connectivity index (χ4v) is 2.23. The predicted octanol–water partition coefficient (Wildman–Crippen LogP) is 1.80. The normalized spacial score (nSPS) is 17.2. The topological polar surface area (TPSA) is 53.6 Å². The zero-order valence-corrected chi connectivity index (χ0v) is 12.0. The number of nitrogens with zero attached hydrogens (tertiary/aromatic N) is 1. The highest BCUT2D eigenvalue weighted by atomic mass is 32.1. The molecule has 19 heavy (non-hydrogen) atoms. The van der Waals surface area contributed by atoms with Gasteiger partial charge in [0, 0.05) is 0 Å². The van der Waals surface area contributed by atoms with Crippen LogP contribution in [0.1, 0.15) is 31.1 Å². The van der Waals surface area contributed by atoms with Crippen molar-refractivity contribution in [2.45, 2.75) is 26.4 Å². The standard InChI is InChI=1S/C13H17N3O2S/c1-4-18-11(17)9-5-7-10(8-6-9)16-12(19)14-13(2,3)15-16/h5-8,15H,4H2,1-3H3,(H,14,19). The molecule has 0 spiro atoms. The summed E-state index contributed by atoms with van der Waals surface area (Å²) in [5.41, 5.74) is 4.36. The minimum Gasteiger partial charge on any atom is -0.462 e. The Kier molecular flexibility index (Phi) is 3.73. The van der Waals surface area contributed by atoms with Crippen LogP contribution >= 0.6 is 12.2 Å². The van der Waals surface area contributed by atoms with E-state index in [9.17, 15) is 4.79 Å². The minimum atomic E-state index is -0.315. The molecule has 1 aromatic carbocycles. The van der Waals surface area contributed by atoms with Crippen molar-refractivity contribution in [1.82, 2.24) is 10.7 Å². The van der Waals surface area contributed by atoms with Crippen molar-refractivity contribution in [3.05, 3.63) is 29.8 Å². The highest BCUT2D eigenvalue weighted by molar-refractivity contribution is 7.80. The summed E-state index contributed by atoms with van der Waals surface area (Å²) in [4.78, 5) is 11.6. The van der Waals surface area contributed by atoms with E-state index in [0.717, 1.165) is 5.69 Å². The lowest BCUT2D eigenvalue weighted by molar-refractivity contribution is 0.0526. The van der Waals surface area contributed by atoms with E-state index < -0.39 is 0 Å². The van der Waals surface area contributed by atoms with E-state index in [1.54, 1.807) is 24.1 Å². The quantitative estimate of drug-likeness (QED) is 0.650. The number of benzene rings is 1. The van der Waals surface area contributed by atoms with Gasteiger partial charge in [0.15, 0.2) is 5.11 Å². The van der Waals surface area contributed by atoms with E-state index >= 15 is 0 Å². The Balaban J connectivity index is 2.15. The molecule has 0 radical (unpaired) electrons. The van der Waals surface area contributed by atoms with Crippen LogP contribution in [0.3, 0.4) is 0 Å². The largest absolute Gasteiger partial charge is 0.462 e. The zero-order valence-electron chi connectivity index (χ0n) is 11.2. The van der Waals surface area contributed by atoms with Gasteiger partial charge < -0.3 is 10.1 Å². The fraction of sp³-hybridized carbons (Fsp3) is 0.385. The van der Waals surface area contributed by atoms with E-state index in [1.807, 2.05) is 26.0 Å². The van der Waals surface area contributed by atoms with Gasteiger partial charge in [-0.3, -0.25) is 5.01 Å². The Morgan fingerprint density at radius 2 is 2.00 bits per heavy atom. The second-order valence-corrected chi connectivity index (χ2v) is 5.16. The fourth-order valence-electron chi connectivity index (χ4n) is 1.82. The number of hydrogen-bond acceptors (Lipinski definition) is 4. The van der Waals surface area contributed by atoms with Gasteiger partial charge >= 0.3 is 5.97 Å². The second kappa shape index (κ2) is 5.14. The molecule has 1 saturated heterocycles. The second-order valence-electron chi connectivity index (χ2n) is 4.77. The van der Waals surface area contributed by atoms with E-state index in [1.165, 1.54) is 0 Å². The lowest BCUT2D eigenvalue weighted by Gasteiger charge is -2.21. The molecule has 1 aromatic rings. The van der Waals surface area contributed by atoms with Gasteiger partial charge in [-0.1, -0.05) is 0 Å². The molecule has 0 bridgehead atoms. The van der Waals surface area contributed by atoms with Crippen LogP contribution in [0, 0.1) is 0 Å². The summed E-state index contributed by atoms with van der Waals surface area (Å²) in [6.45, 7) is 6.14. The molecule has 0 atom stereocenters. The van der Waals surface area contributed by atoms with Crippen molar-refractivity contribution >= 4 is 29.0 Å². The maximum atomic E-state index is 11.6. The summed E-state index contributed by atoms with van der Waals surface area (Å²) < 4.78 is 4.94. The average molecular weight is 279 g/mol. The van der Waals surface area contributed by atoms with Gasteiger partial charge in [0.2, 0.25) is 0 Å². The number of esters is 1. The molecule has 2 N–H and O–H groups in total. The maximum absolute atomic E-state index is 11.6. The van der Waals surface area contributed by atoms with Gasteiger partial charge in [-0.25, -0.2) is 10.2 Å². The molecular weight excluding hydrogens is 262 g/mol. The van der Waals surface area contributed by atoms with Crippen LogP contribution in [0.5, 0.6) is 0 Å². The van der Waals surface area contributed by atoms with Crippen LogP contribution in [-0.2, 0) is 4.74 Å². The first-order valence-electron chi connectivity index (χ1n) is 6.10. The highest BCUT2D eigenvalue weighted by Gasteiger charge is 2.32. The van der Waals surface area contributed by atoms with E-state index in [-0.39, 0.29) is 11.6 Å². The zero-order chi connectivity index (χ0) is 14.0. The molecule has 0 aliphatic carbocycles. The van der Waals surface area contributed by atoms with Crippen LogP contribution in [0.25, 0.3) is 0 Å². The summed E-state index contributed by atoms with van der Waals surface area (Å²) in [6.07, 6.45) is 0. The summed E-state index contributed by atoms with van der Waals surface area (Å²) in [7, 11) is 0. The SMILES string of the molecule is CCOC(=O)c1ccc(N2NC(C)(C)NC2=S)cc1. The van der Waals surface area contributed by atoms with Gasteiger partial charge in [0.05, 0.1) is 17.9 Å². The predicted molar refractivity (Wildman–Crippen MR) is 77.8 cm³/mol. The highest BCUT2D eigenvalue weighted by Crippen LogP contribution is 2.19. The lowest BCUT2D eigenvalue weighted by Crippen LogP contribution is -2.45. The number of ether oxygens (including phenoxy) is 1. The number of hydrazine groups is 1. The van der Waals surface area contributed by atoms with Crippen LogP contribution in [0.15, 0.2) is 24.3 Å². The van der Waals surface area contributed by atoms with E-state index in [0.29, 0.717) is 17.3 Å². The Hall–Kier alpha value is -1.66. The van der Waals surface area contributed by atoms with Crippen molar-refractivity contribution in [1.29, 1.82) is 0 Å². The smallest absolute Gasteiger partial charge is 0.338 e. The Labute approximate surface area is 117 Å². The molecule has 1 fully saturated rings. The molecule has 5 nitrogen and oxygen atoms in total.